The third-order valence-electron chi connectivity index (χ3n) is 2.69. The molecule has 0 saturated heterocycles. The van der Waals surface area contributed by atoms with E-state index in [2.05, 4.69) is 14.7 Å². The molecule has 0 aromatic carbocycles. The number of hydrogen-bond acceptors (Lipinski definition) is 5. The number of aromatic nitrogens is 2. The molecule has 0 radical (unpaired) electrons. The quantitative estimate of drug-likeness (QED) is 0.815. The van der Waals surface area contributed by atoms with Crippen LogP contribution in [0.4, 0.5) is 5.13 Å². The Bertz CT molecular complexity index is 362. The molecule has 1 fully saturated rings. The Morgan fingerprint density at radius 3 is 2.80 bits per heavy atom. The van der Waals surface area contributed by atoms with E-state index in [-0.39, 0.29) is 5.92 Å². The molecule has 0 amide bonds. The second-order valence-corrected chi connectivity index (χ2v) is 4.55. The Labute approximate surface area is 91.7 Å². The number of carboxylic acid groups (broad SMARTS) is 1. The van der Waals surface area contributed by atoms with Gasteiger partial charge in [-0.3, -0.25) is 0 Å². The van der Waals surface area contributed by atoms with E-state index in [0.717, 1.165) is 19.3 Å². The maximum atomic E-state index is 11.0. The minimum atomic E-state index is -0.799. The molecule has 6 heteroatoms. The summed E-state index contributed by atoms with van der Waals surface area (Å²) in [7, 11) is 0. The minimum Gasteiger partial charge on any atom is -0.480 e. The van der Waals surface area contributed by atoms with Gasteiger partial charge >= 0.3 is 5.97 Å². The summed E-state index contributed by atoms with van der Waals surface area (Å²) in [5.74, 6) is 0.125. The van der Waals surface area contributed by atoms with Crippen LogP contribution < -0.4 is 5.32 Å². The van der Waals surface area contributed by atoms with Crippen molar-refractivity contribution in [3.8, 4) is 0 Å². The molecular formula is C9H13N3O2S. The van der Waals surface area contributed by atoms with E-state index in [0.29, 0.717) is 11.0 Å². The SMILES string of the molecule is Cc1nsc(NC(C(=O)O)C2CCC2)n1. The molecule has 2 N–H and O–H groups in total. The maximum absolute atomic E-state index is 11.0. The monoisotopic (exact) mass is 227 g/mol. The molecule has 5 nitrogen and oxygen atoms in total. The zero-order chi connectivity index (χ0) is 10.8. The molecule has 82 valence electrons. The normalized spacial score (nSPS) is 18.2. The maximum Gasteiger partial charge on any atom is 0.326 e. The van der Waals surface area contributed by atoms with Crippen LogP contribution in [0.1, 0.15) is 25.1 Å². The van der Waals surface area contributed by atoms with Gasteiger partial charge in [0.2, 0.25) is 5.13 Å². The van der Waals surface area contributed by atoms with Crippen LogP contribution in [0.15, 0.2) is 0 Å². The highest BCUT2D eigenvalue weighted by molar-refractivity contribution is 7.09. The fourth-order valence-corrected chi connectivity index (χ4v) is 2.26. The molecule has 0 spiro atoms. The van der Waals surface area contributed by atoms with Gasteiger partial charge in [0.15, 0.2) is 0 Å². The van der Waals surface area contributed by atoms with Crippen LogP contribution in [0.3, 0.4) is 0 Å². The van der Waals surface area contributed by atoms with Crippen molar-refractivity contribution in [2.45, 2.75) is 32.2 Å². The Morgan fingerprint density at radius 2 is 2.40 bits per heavy atom. The van der Waals surface area contributed by atoms with E-state index in [9.17, 15) is 4.79 Å². The first-order chi connectivity index (χ1) is 7.16. The van der Waals surface area contributed by atoms with E-state index in [1.807, 2.05) is 0 Å². The standard InChI is InChI=1S/C9H13N3O2S/c1-5-10-9(15-12-5)11-7(8(13)14)6-3-2-4-6/h6-7H,2-4H2,1H3,(H,13,14)(H,10,11,12). The fourth-order valence-electron chi connectivity index (χ4n) is 1.64. The summed E-state index contributed by atoms with van der Waals surface area (Å²) in [5, 5.41) is 12.6. The molecule has 1 aliphatic carbocycles. The summed E-state index contributed by atoms with van der Waals surface area (Å²) in [6, 6.07) is -0.508. The summed E-state index contributed by atoms with van der Waals surface area (Å²) in [4.78, 5) is 15.1. The number of aryl methyl sites for hydroxylation is 1. The van der Waals surface area contributed by atoms with Crippen LogP contribution in [0.2, 0.25) is 0 Å². The molecule has 1 saturated carbocycles. The van der Waals surface area contributed by atoms with Crippen molar-refractivity contribution in [3.05, 3.63) is 5.82 Å². The number of hydrogen-bond donors (Lipinski definition) is 2. The summed E-state index contributed by atoms with van der Waals surface area (Å²) < 4.78 is 4.01. The van der Waals surface area contributed by atoms with Gasteiger partial charge in [0.1, 0.15) is 11.9 Å². The zero-order valence-electron chi connectivity index (χ0n) is 8.43. The van der Waals surface area contributed by atoms with Gasteiger partial charge in [-0.15, -0.1) is 0 Å². The van der Waals surface area contributed by atoms with Gasteiger partial charge in [0.25, 0.3) is 0 Å². The molecule has 1 aliphatic rings. The topological polar surface area (TPSA) is 75.1 Å². The van der Waals surface area contributed by atoms with Crippen molar-refractivity contribution in [2.24, 2.45) is 5.92 Å². The highest BCUT2D eigenvalue weighted by atomic mass is 32.1. The first-order valence-electron chi connectivity index (χ1n) is 4.96. The predicted octanol–water partition coefficient (Wildman–Crippen LogP) is 1.51. The lowest BCUT2D eigenvalue weighted by Gasteiger charge is -2.31. The lowest BCUT2D eigenvalue weighted by atomic mass is 9.80. The summed E-state index contributed by atoms with van der Waals surface area (Å²) in [6.45, 7) is 1.79. The number of carboxylic acids is 1. The highest BCUT2D eigenvalue weighted by Crippen LogP contribution is 2.31. The molecule has 1 atom stereocenters. The predicted molar refractivity (Wildman–Crippen MR) is 57.0 cm³/mol. The van der Waals surface area contributed by atoms with Gasteiger partial charge < -0.3 is 10.4 Å². The van der Waals surface area contributed by atoms with Crippen molar-refractivity contribution in [1.82, 2.24) is 9.36 Å². The average molecular weight is 227 g/mol. The lowest BCUT2D eigenvalue weighted by molar-refractivity contribution is -0.139. The molecule has 1 unspecified atom stereocenters. The van der Waals surface area contributed by atoms with Gasteiger partial charge in [-0.2, -0.15) is 4.37 Å². The smallest absolute Gasteiger partial charge is 0.326 e. The second-order valence-electron chi connectivity index (χ2n) is 3.80. The summed E-state index contributed by atoms with van der Waals surface area (Å²) >= 11 is 1.21. The van der Waals surface area contributed by atoms with Crippen LogP contribution in [-0.4, -0.2) is 26.5 Å². The number of carbonyl (C=O) groups is 1. The van der Waals surface area contributed by atoms with Crippen molar-refractivity contribution in [1.29, 1.82) is 0 Å². The Kier molecular flexibility index (Phi) is 2.86. The molecule has 0 bridgehead atoms. The fraction of sp³-hybridized carbons (Fsp3) is 0.667. The van der Waals surface area contributed by atoms with Gasteiger partial charge in [-0.05, 0) is 25.7 Å². The number of anilines is 1. The average Bonchev–Trinajstić information content (AvgIpc) is 2.47. The van der Waals surface area contributed by atoms with Crippen molar-refractivity contribution >= 4 is 22.6 Å². The van der Waals surface area contributed by atoms with Crippen LogP contribution in [-0.2, 0) is 4.79 Å². The van der Waals surface area contributed by atoms with E-state index in [1.165, 1.54) is 11.5 Å². The number of nitrogens with zero attached hydrogens (tertiary/aromatic N) is 2. The van der Waals surface area contributed by atoms with Gasteiger partial charge in [0.05, 0.1) is 0 Å². The molecule has 2 rings (SSSR count). The van der Waals surface area contributed by atoms with Crippen LogP contribution in [0.5, 0.6) is 0 Å². The second kappa shape index (κ2) is 4.14. The van der Waals surface area contributed by atoms with E-state index in [4.69, 9.17) is 5.11 Å². The third-order valence-corrected chi connectivity index (χ3v) is 3.43. The van der Waals surface area contributed by atoms with Gasteiger partial charge in [-0.25, -0.2) is 9.78 Å². The van der Waals surface area contributed by atoms with Gasteiger partial charge in [0, 0.05) is 11.5 Å². The first kappa shape index (κ1) is 10.4. The highest BCUT2D eigenvalue weighted by Gasteiger charge is 2.33. The summed E-state index contributed by atoms with van der Waals surface area (Å²) in [5.41, 5.74) is 0. The Balaban J connectivity index is 2.03. The van der Waals surface area contributed by atoms with E-state index in [1.54, 1.807) is 6.92 Å². The van der Waals surface area contributed by atoms with Crippen molar-refractivity contribution in [3.63, 3.8) is 0 Å². The van der Waals surface area contributed by atoms with Crippen LogP contribution >= 0.6 is 11.5 Å². The molecule has 1 aromatic rings. The third kappa shape index (κ3) is 2.26. The number of rotatable bonds is 4. The molecule has 1 heterocycles. The van der Waals surface area contributed by atoms with Crippen LogP contribution in [0.25, 0.3) is 0 Å². The number of aliphatic carboxylic acids is 1. The first-order valence-corrected chi connectivity index (χ1v) is 5.74. The van der Waals surface area contributed by atoms with E-state index >= 15 is 0 Å². The van der Waals surface area contributed by atoms with Crippen LogP contribution in [0, 0.1) is 12.8 Å². The Morgan fingerprint density at radius 1 is 1.67 bits per heavy atom. The minimum absolute atomic E-state index is 0.242. The zero-order valence-corrected chi connectivity index (χ0v) is 9.25. The molecule has 1 aromatic heterocycles. The Hall–Kier alpha value is -1.17. The largest absolute Gasteiger partial charge is 0.480 e. The summed E-state index contributed by atoms with van der Waals surface area (Å²) in [6.07, 6.45) is 3.11. The molecule has 15 heavy (non-hydrogen) atoms. The number of nitrogens with one attached hydrogen (secondary N) is 1. The lowest BCUT2D eigenvalue weighted by Crippen LogP contribution is -2.40. The van der Waals surface area contributed by atoms with Crippen molar-refractivity contribution in [2.75, 3.05) is 5.32 Å². The van der Waals surface area contributed by atoms with Crippen molar-refractivity contribution < 1.29 is 9.90 Å². The molecule has 0 aliphatic heterocycles. The molecular weight excluding hydrogens is 214 g/mol. The van der Waals surface area contributed by atoms with Gasteiger partial charge in [-0.1, -0.05) is 6.42 Å². The van der Waals surface area contributed by atoms with E-state index < -0.39 is 12.0 Å².